The summed E-state index contributed by atoms with van der Waals surface area (Å²) in [4.78, 5) is 12.0. The molecule has 1 aliphatic rings. The first kappa shape index (κ1) is 15.9. The number of nitrogens with one attached hydrogen (secondary N) is 2. The van der Waals surface area contributed by atoms with Crippen molar-refractivity contribution in [2.24, 2.45) is 5.14 Å². The minimum absolute atomic E-state index is 0.0588. The van der Waals surface area contributed by atoms with Gasteiger partial charge >= 0.3 is 0 Å². The van der Waals surface area contributed by atoms with Crippen molar-refractivity contribution in [3.05, 3.63) is 11.4 Å². The Balaban J connectivity index is 2.21. The zero-order chi connectivity index (χ0) is 15.6. The maximum atomic E-state index is 12.2. The Labute approximate surface area is 123 Å². The van der Waals surface area contributed by atoms with E-state index in [1.54, 1.807) is 6.92 Å². The van der Waals surface area contributed by atoms with E-state index in [0.29, 0.717) is 18.7 Å². The maximum absolute atomic E-state index is 12.2. The Kier molecular flexibility index (Phi) is 4.64. The number of primary sulfonamides is 1. The molecule has 21 heavy (non-hydrogen) atoms. The van der Waals surface area contributed by atoms with Gasteiger partial charge in [-0.2, -0.15) is 5.10 Å². The number of rotatable bonds is 5. The van der Waals surface area contributed by atoms with Gasteiger partial charge in [-0.15, -0.1) is 0 Å². The molecule has 4 N–H and O–H groups in total. The summed E-state index contributed by atoms with van der Waals surface area (Å²) < 4.78 is 28.8. The summed E-state index contributed by atoms with van der Waals surface area (Å²) >= 11 is 0. The smallest absolute Gasteiger partial charge is 0.273 e. The number of carbonyl (C=O) groups is 1. The highest BCUT2D eigenvalue weighted by Crippen LogP contribution is 2.19. The van der Waals surface area contributed by atoms with Crippen molar-refractivity contribution in [2.45, 2.75) is 50.2 Å². The lowest BCUT2D eigenvalue weighted by molar-refractivity contribution is 0.0707. The molecule has 0 bridgehead atoms. The molecular formula is C12H20N4O4S. The number of aromatic amines is 1. The molecule has 1 aliphatic heterocycles. The van der Waals surface area contributed by atoms with Gasteiger partial charge < -0.3 is 10.1 Å². The molecule has 2 atom stereocenters. The van der Waals surface area contributed by atoms with E-state index in [0.717, 1.165) is 12.8 Å². The van der Waals surface area contributed by atoms with Crippen LogP contribution in [-0.2, 0) is 21.2 Å². The molecule has 9 heteroatoms. The van der Waals surface area contributed by atoms with E-state index in [-0.39, 0.29) is 22.7 Å². The Morgan fingerprint density at radius 3 is 2.86 bits per heavy atom. The molecule has 1 aromatic rings. The molecule has 2 rings (SSSR count). The second-order valence-corrected chi connectivity index (χ2v) is 6.59. The molecule has 0 aromatic carbocycles. The van der Waals surface area contributed by atoms with Crippen LogP contribution >= 0.6 is 0 Å². The van der Waals surface area contributed by atoms with Crippen molar-refractivity contribution in [1.29, 1.82) is 0 Å². The highest BCUT2D eigenvalue weighted by atomic mass is 32.2. The fourth-order valence-electron chi connectivity index (χ4n) is 2.43. The van der Waals surface area contributed by atoms with Crippen LogP contribution in [0.3, 0.4) is 0 Å². The van der Waals surface area contributed by atoms with Crippen LogP contribution in [0.15, 0.2) is 4.90 Å². The zero-order valence-electron chi connectivity index (χ0n) is 12.0. The Morgan fingerprint density at radius 1 is 1.62 bits per heavy atom. The molecule has 1 fully saturated rings. The van der Waals surface area contributed by atoms with Crippen molar-refractivity contribution in [3.8, 4) is 0 Å². The van der Waals surface area contributed by atoms with Gasteiger partial charge in [0.2, 0.25) is 10.0 Å². The van der Waals surface area contributed by atoms with Crippen LogP contribution < -0.4 is 10.5 Å². The van der Waals surface area contributed by atoms with Crippen LogP contribution in [0.1, 0.15) is 42.9 Å². The summed E-state index contributed by atoms with van der Waals surface area (Å²) in [5.74, 6) is -0.571. The molecule has 0 aliphatic carbocycles. The summed E-state index contributed by atoms with van der Waals surface area (Å²) in [6.07, 6.45) is 2.14. The van der Waals surface area contributed by atoms with Crippen molar-refractivity contribution < 1.29 is 17.9 Å². The van der Waals surface area contributed by atoms with Crippen LogP contribution in [0.4, 0.5) is 0 Å². The molecule has 2 unspecified atom stereocenters. The SMILES string of the molecule is CCc1[nH]nc(C(=O)NC(C)C2CCCO2)c1S(N)(=O)=O. The average Bonchev–Trinajstić information content (AvgIpc) is 3.06. The third kappa shape index (κ3) is 3.42. The first-order valence-corrected chi connectivity index (χ1v) is 8.41. The molecular weight excluding hydrogens is 296 g/mol. The fourth-order valence-corrected chi connectivity index (χ4v) is 3.37. The van der Waals surface area contributed by atoms with E-state index in [2.05, 4.69) is 15.5 Å². The second kappa shape index (κ2) is 6.12. The number of sulfonamides is 1. The van der Waals surface area contributed by atoms with Crippen LogP contribution in [0, 0.1) is 0 Å². The number of hydrogen-bond acceptors (Lipinski definition) is 5. The third-order valence-electron chi connectivity index (χ3n) is 3.53. The molecule has 118 valence electrons. The third-order valence-corrected chi connectivity index (χ3v) is 4.54. The highest BCUT2D eigenvalue weighted by molar-refractivity contribution is 7.89. The molecule has 8 nitrogen and oxygen atoms in total. The minimum atomic E-state index is -4.02. The molecule has 1 aromatic heterocycles. The maximum Gasteiger partial charge on any atom is 0.273 e. The first-order valence-electron chi connectivity index (χ1n) is 6.87. The standard InChI is InChI=1S/C12H20N4O4S/c1-3-8-11(21(13,18)19)10(16-15-8)12(17)14-7(2)9-5-4-6-20-9/h7,9H,3-6H2,1-2H3,(H,14,17)(H,15,16)(H2,13,18,19). The highest BCUT2D eigenvalue weighted by Gasteiger charge is 2.29. The van der Waals surface area contributed by atoms with E-state index >= 15 is 0 Å². The molecule has 0 radical (unpaired) electrons. The lowest BCUT2D eigenvalue weighted by Gasteiger charge is -2.19. The monoisotopic (exact) mass is 316 g/mol. The predicted molar refractivity (Wildman–Crippen MR) is 75.2 cm³/mol. The number of aromatic nitrogens is 2. The van der Waals surface area contributed by atoms with E-state index in [1.807, 2.05) is 6.92 Å². The number of nitrogens with zero attached hydrogens (tertiary/aromatic N) is 1. The number of carbonyl (C=O) groups excluding carboxylic acids is 1. The lowest BCUT2D eigenvalue weighted by atomic mass is 10.1. The first-order chi connectivity index (χ1) is 9.84. The van der Waals surface area contributed by atoms with Crippen LogP contribution in [-0.4, -0.2) is 43.3 Å². The van der Waals surface area contributed by atoms with Crippen molar-refractivity contribution in [2.75, 3.05) is 6.61 Å². The molecule has 0 saturated carbocycles. The normalized spacial score (nSPS) is 20.4. The molecule has 1 amide bonds. The van der Waals surface area contributed by atoms with Crippen molar-refractivity contribution in [3.63, 3.8) is 0 Å². The Morgan fingerprint density at radius 2 is 2.33 bits per heavy atom. The van der Waals surface area contributed by atoms with Gasteiger partial charge in [0.15, 0.2) is 5.69 Å². The van der Waals surface area contributed by atoms with Crippen LogP contribution in [0.25, 0.3) is 0 Å². The van der Waals surface area contributed by atoms with Crippen molar-refractivity contribution >= 4 is 15.9 Å². The number of hydrogen-bond donors (Lipinski definition) is 3. The van der Waals surface area contributed by atoms with Gasteiger partial charge in [-0.05, 0) is 26.2 Å². The second-order valence-electron chi connectivity index (χ2n) is 5.09. The van der Waals surface area contributed by atoms with E-state index < -0.39 is 15.9 Å². The number of H-pyrrole nitrogens is 1. The summed E-state index contributed by atoms with van der Waals surface area (Å²) in [5.41, 5.74) is 0.131. The van der Waals surface area contributed by atoms with Crippen molar-refractivity contribution in [1.82, 2.24) is 15.5 Å². The van der Waals surface area contributed by atoms with Crippen LogP contribution in [0.5, 0.6) is 0 Å². The Bertz CT molecular complexity index is 619. The van der Waals surface area contributed by atoms with E-state index in [1.165, 1.54) is 0 Å². The van der Waals surface area contributed by atoms with E-state index in [4.69, 9.17) is 9.88 Å². The zero-order valence-corrected chi connectivity index (χ0v) is 12.9. The summed E-state index contributed by atoms with van der Waals surface area (Å²) in [5, 5.41) is 14.2. The van der Waals surface area contributed by atoms with Gasteiger partial charge in [0.1, 0.15) is 4.90 Å². The summed E-state index contributed by atoms with van der Waals surface area (Å²) in [7, 11) is -4.02. The molecule has 1 saturated heterocycles. The number of amides is 1. The van der Waals surface area contributed by atoms with Gasteiger partial charge in [-0.25, -0.2) is 13.6 Å². The molecule has 0 spiro atoms. The van der Waals surface area contributed by atoms with Crippen LogP contribution in [0.2, 0.25) is 0 Å². The fraction of sp³-hybridized carbons (Fsp3) is 0.667. The largest absolute Gasteiger partial charge is 0.376 e. The van der Waals surface area contributed by atoms with Gasteiger partial charge in [-0.3, -0.25) is 9.89 Å². The quantitative estimate of drug-likeness (QED) is 0.700. The summed E-state index contributed by atoms with van der Waals surface area (Å²) in [6.45, 7) is 4.24. The average molecular weight is 316 g/mol. The predicted octanol–water partition coefficient (Wildman–Crippen LogP) is -0.0832. The van der Waals surface area contributed by atoms with Gasteiger partial charge in [0, 0.05) is 6.61 Å². The number of nitrogens with two attached hydrogens (primary N) is 1. The summed E-state index contributed by atoms with van der Waals surface area (Å²) in [6, 6.07) is -0.227. The van der Waals surface area contributed by atoms with E-state index in [9.17, 15) is 13.2 Å². The Hall–Kier alpha value is -1.45. The number of aryl methyl sites for hydroxylation is 1. The topological polar surface area (TPSA) is 127 Å². The van der Waals surface area contributed by atoms with Gasteiger partial charge in [0.25, 0.3) is 5.91 Å². The number of ether oxygens (including phenoxy) is 1. The molecule has 2 heterocycles. The lowest BCUT2D eigenvalue weighted by Crippen LogP contribution is -2.41. The minimum Gasteiger partial charge on any atom is -0.376 e. The van der Waals surface area contributed by atoms with Gasteiger partial charge in [-0.1, -0.05) is 6.92 Å². The van der Waals surface area contributed by atoms with Gasteiger partial charge in [0.05, 0.1) is 17.8 Å².